The maximum Gasteiger partial charge on any atom is 0.326 e. The predicted octanol–water partition coefficient (Wildman–Crippen LogP) is -1.19. The van der Waals surface area contributed by atoms with E-state index < -0.39 is 47.9 Å². The molecule has 4 atom stereocenters. The van der Waals surface area contributed by atoms with Crippen molar-refractivity contribution in [3.05, 3.63) is 18.2 Å². The van der Waals surface area contributed by atoms with E-state index >= 15 is 0 Å². The molecule has 0 bridgehead atoms. The second kappa shape index (κ2) is 12.2. The van der Waals surface area contributed by atoms with Gasteiger partial charge in [0.1, 0.15) is 18.1 Å². The van der Waals surface area contributed by atoms with E-state index in [9.17, 15) is 24.3 Å². The van der Waals surface area contributed by atoms with Gasteiger partial charge in [-0.25, -0.2) is 9.78 Å². The average molecular weight is 443 g/mol. The first kappa shape index (κ1) is 25.4. The van der Waals surface area contributed by atoms with Crippen molar-refractivity contribution in [3.63, 3.8) is 0 Å². The molecule has 0 aliphatic rings. The fourth-order valence-electron chi connectivity index (χ4n) is 2.56. The number of hydrogen-bond donors (Lipinski definition) is 7. The van der Waals surface area contributed by atoms with Crippen LogP contribution in [0.3, 0.4) is 0 Å². The minimum atomic E-state index is -1.22. The number of rotatable bonds is 12. The van der Waals surface area contributed by atoms with Crippen LogP contribution in [0.5, 0.6) is 0 Å². The Morgan fingerprint density at radius 3 is 2.23 bits per heavy atom. The highest BCUT2D eigenvalue weighted by molar-refractivity contribution is 7.80. The molecule has 0 aliphatic heterocycles. The molecule has 4 unspecified atom stereocenters. The van der Waals surface area contributed by atoms with Crippen molar-refractivity contribution in [2.75, 3.05) is 5.75 Å². The Morgan fingerprint density at radius 1 is 1.10 bits per heavy atom. The molecule has 0 saturated heterocycles. The first-order valence-electron chi connectivity index (χ1n) is 9.52. The normalized spacial score (nSPS) is 15.0. The number of amides is 3. The van der Waals surface area contributed by atoms with Gasteiger partial charge in [0.05, 0.1) is 12.4 Å². The second-order valence-electron chi connectivity index (χ2n) is 7.39. The Balaban J connectivity index is 2.73. The average Bonchev–Trinajstić information content (AvgIpc) is 3.18. The molecule has 0 saturated carbocycles. The number of hydrogen-bond acceptors (Lipinski definition) is 7. The number of nitrogens with one attached hydrogen (secondary N) is 4. The Kier molecular flexibility index (Phi) is 10.3. The number of imidazole rings is 1. The number of H-pyrrole nitrogens is 1. The standard InChI is InChI=1S/C18H30N6O5S/c1-9(2)4-13(23-16(26)12(19)7-30)17(27)22-10(3)15(25)24-14(18(28)29)5-11-6-20-8-21-11/h6,8-10,12-14,30H,4-5,7,19H2,1-3H3,(H,20,21)(H,22,27)(H,23,26)(H,24,25)(H,28,29). The number of carboxylic acids is 1. The van der Waals surface area contributed by atoms with Gasteiger partial charge in [-0.3, -0.25) is 14.4 Å². The van der Waals surface area contributed by atoms with E-state index in [-0.39, 0.29) is 18.1 Å². The van der Waals surface area contributed by atoms with E-state index in [0.717, 1.165) is 0 Å². The first-order chi connectivity index (χ1) is 14.0. The molecule has 0 fully saturated rings. The zero-order chi connectivity index (χ0) is 22.8. The van der Waals surface area contributed by atoms with E-state index in [0.29, 0.717) is 12.1 Å². The molecule has 1 rings (SSSR count). The molecule has 12 heteroatoms. The van der Waals surface area contributed by atoms with Crippen molar-refractivity contribution in [2.45, 2.75) is 57.8 Å². The van der Waals surface area contributed by atoms with Gasteiger partial charge in [-0.2, -0.15) is 12.6 Å². The molecule has 168 valence electrons. The number of nitrogens with zero attached hydrogens (tertiary/aromatic N) is 1. The quantitative estimate of drug-likeness (QED) is 0.199. The van der Waals surface area contributed by atoms with Gasteiger partial charge < -0.3 is 31.8 Å². The molecule has 3 amide bonds. The summed E-state index contributed by atoms with van der Waals surface area (Å²) >= 11 is 3.97. The Morgan fingerprint density at radius 2 is 1.73 bits per heavy atom. The number of aromatic nitrogens is 2. The fourth-order valence-corrected chi connectivity index (χ4v) is 2.72. The van der Waals surface area contributed by atoms with E-state index in [2.05, 4.69) is 38.5 Å². The van der Waals surface area contributed by atoms with E-state index in [4.69, 9.17) is 5.73 Å². The Hall–Kier alpha value is -2.60. The van der Waals surface area contributed by atoms with Crippen LogP contribution in [0.15, 0.2) is 12.5 Å². The molecule has 11 nitrogen and oxygen atoms in total. The molecule has 0 radical (unpaired) electrons. The van der Waals surface area contributed by atoms with Gasteiger partial charge >= 0.3 is 5.97 Å². The molecule has 0 aliphatic carbocycles. The molecule has 1 heterocycles. The van der Waals surface area contributed by atoms with Crippen LogP contribution in [0.25, 0.3) is 0 Å². The number of carbonyl (C=O) groups excluding carboxylic acids is 3. The number of carbonyl (C=O) groups is 4. The number of nitrogens with two attached hydrogens (primary N) is 1. The van der Waals surface area contributed by atoms with Gasteiger partial charge in [0, 0.05) is 24.1 Å². The molecular weight excluding hydrogens is 412 g/mol. The number of aromatic amines is 1. The van der Waals surface area contributed by atoms with Gasteiger partial charge in [-0.15, -0.1) is 0 Å². The summed E-state index contributed by atoms with van der Waals surface area (Å²) in [5.74, 6) is -2.77. The Bertz CT molecular complexity index is 727. The highest BCUT2D eigenvalue weighted by Crippen LogP contribution is 2.06. The van der Waals surface area contributed by atoms with Gasteiger partial charge in [-0.05, 0) is 19.3 Å². The van der Waals surface area contributed by atoms with E-state index in [1.165, 1.54) is 19.4 Å². The molecule has 30 heavy (non-hydrogen) atoms. The van der Waals surface area contributed by atoms with Crippen LogP contribution in [0, 0.1) is 5.92 Å². The van der Waals surface area contributed by atoms with Crippen molar-refractivity contribution < 1.29 is 24.3 Å². The lowest BCUT2D eigenvalue weighted by molar-refractivity contribution is -0.142. The van der Waals surface area contributed by atoms with Crippen LogP contribution in [0.1, 0.15) is 32.9 Å². The highest BCUT2D eigenvalue weighted by Gasteiger charge is 2.28. The molecule has 1 aromatic rings. The first-order valence-corrected chi connectivity index (χ1v) is 10.2. The molecule has 7 N–H and O–H groups in total. The number of thiol groups is 1. The van der Waals surface area contributed by atoms with Crippen molar-refractivity contribution in [3.8, 4) is 0 Å². The summed E-state index contributed by atoms with van der Waals surface area (Å²) in [6, 6.07) is -3.97. The molecular formula is C18H30N6O5S. The van der Waals surface area contributed by atoms with Crippen LogP contribution < -0.4 is 21.7 Å². The van der Waals surface area contributed by atoms with Crippen LogP contribution in [-0.4, -0.2) is 68.7 Å². The van der Waals surface area contributed by atoms with Crippen LogP contribution >= 0.6 is 12.6 Å². The molecule has 1 aromatic heterocycles. The van der Waals surface area contributed by atoms with Crippen molar-refractivity contribution in [1.29, 1.82) is 0 Å². The minimum absolute atomic E-state index is 0.00931. The van der Waals surface area contributed by atoms with Gasteiger partial charge in [0.25, 0.3) is 0 Å². The van der Waals surface area contributed by atoms with Crippen LogP contribution in [-0.2, 0) is 25.6 Å². The van der Waals surface area contributed by atoms with E-state index in [1.807, 2.05) is 13.8 Å². The molecule has 0 aromatic carbocycles. The van der Waals surface area contributed by atoms with Crippen LogP contribution in [0.2, 0.25) is 0 Å². The zero-order valence-corrected chi connectivity index (χ0v) is 18.1. The lowest BCUT2D eigenvalue weighted by Gasteiger charge is -2.24. The minimum Gasteiger partial charge on any atom is -0.480 e. The summed E-state index contributed by atoms with van der Waals surface area (Å²) in [4.78, 5) is 55.1. The van der Waals surface area contributed by atoms with Gasteiger partial charge in [0.15, 0.2) is 0 Å². The summed E-state index contributed by atoms with van der Waals surface area (Å²) in [6.45, 7) is 5.19. The van der Waals surface area contributed by atoms with Crippen molar-refractivity contribution in [1.82, 2.24) is 25.9 Å². The third kappa shape index (κ3) is 8.41. The summed E-state index contributed by atoms with van der Waals surface area (Å²) in [6.07, 6.45) is 3.21. The number of carboxylic acid groups (broad SMARTS) is 1. The third-order valence-electron chi connectivity index (χ3n) is 4.22. The predicted molar refractivity (Wildman–Crippen MR) is 113 cm³/mol. The smallest absolute Gasteiger partial charge is 0.326 e. The van der Waals surface area contributed by atoms with Crippen molar-refractivity contribution in [2.24, 2.45) is 11.7 Å². The maximum absolute atomic E-state index is 12.6. The van der Waals surface area contributed by atoms with Gasteiger partial charge in [-0.1, -0.05) is 13.8 Å². The summed E-state index contributed by atoms with van der Waals surface area (Å²) in [5.41, 5.74) is 6.18. The number of aliphatic carboxylic acids is 1. The summed E-state index contributed by atoms with van der Waals surface area (Å²) in [7, 11) is 0. The third-order valence-corrected chi connectivity index (χ3v) is 4.61. The lowest BCUT2D eigenvalue weighted by atomic mass is 10.0. The zero-order valence-electron chi connectivity index (χ0n) is 17.2. The largest absolute Gasteiger partial charge is 0.480 e. The lowest BCUT2D eigenvalue weighted by Crippen LogP contribution is -2.57. The molecule has 0 spiro atoms. The maximum atomic E-state index is 12.6. The highest BCUT2D eigenvalue weighted by atomic mass is 32.1. The Labute approximate surface area is 180 Å². The second-order valence-corrected chi connectivity index (χ2v) is 7.76. The SMILES string of the molecule is CC(C)CC(NC(=O)C(N)CS)C(=O)NC(C)C(=O)NC(Cc1cnc[nH]1)C(=O)O. The topological polar surface area (TPSA) is 179 Å². The summed E-state index contributed by atoms with van der Waals surface area (Å²) < 4.78 is 0. The fraction of sp³-hybridized carbons (Fsp3) is 0.611. The van der Waals surface area contributed by atoms with Crippen LogP contribution in [0.4, 0.5) is 0 Å². The van der Waals surface area contributed by atoms with Gasteiger partial charge in [0.2, 0.25) is 17.7 Å². The van der Waals surface area contributed by atoms with Crippen molar-refractivity contribution >= 4 is 36.3 Å². The monoisotopic (exact) mass is 442 g/mol. The van der Waals surface area contributed by atoms with E-state index in [1.54, 1.807) is 0 Å². The summed E-state index contributed by atoms with van der Waals surface area (Å²) in [5, 5.41) is 16.8.